The number of esters is 1. The number of ether oxygens (including phenoxy) is 2. The Balaban J connectivity index is 1.02. The van der Waals surface area contributed by atoms with E-state index in [1.54, 1.807) is 37.3 Å². The molecule has 0 unspecified atom stereocenters. The molecule has 1 aliphatic rings. The molecule has 1 aliphatic heterocycles. The molecule has 4 aromatic carbocycles. The first-order valence-electron chi connectivity index (χ1n) is 15.2. The number of carbonyl (C=O) groups is 2. The number of hydrogen-bond donors (Lipinski definition) is 0. The first-order valence-corrected chi connectivity index (χ1v) is 15.6. The van der Waals surface area contributed by atoms with Gasteiger partial charge in [-0.15, -0.1) is 0 Å². The Morgan fingerprint density at radius 2 is 1.32 bits per heavy atom. The molecule has 6 nitrogen and oxygen atoms in total. The van der Waals surface area contributed by atoms with Crippen LogP contribution in [0.5, 0.6) is 0 Å². The van der Waals surface area contributed by atoms with E-state index in [9.17, 15) is 9.59 Å². The molecule has 7 heteroatoms. The van der Waals surface area contributed by atoms with Crippen molar-refractivity contribution in [1.29, 1.82) is 0 Å². The molecular weight excluding hydrogens is 572 g/mol. The number of piperazine rings is 1. The Kier molecular flexibility index (Phi) is 11.3. The van der Waals surface area contributed by atoms with Crippen molar-refractivity contribution in [3.8, 4) is 0 Å². The summed E-state index contributed by atoms with van der Waals surface area (Å²) < 4.78 is 11.3. The van der Waals surface area contributed by atoms with E-state index >= 15 is 0 Å². The van der Waals surface area contributed by atoms with Crippen LogP contribution in [0.3, 0.4) is 0 Å². The monoisotopic (exact) mass is 610 g/mol. The van der Waals surface area contributed by atoms with E-state index in [1.807, 2.05) is 36.4 Å². The molecule has 1 heterocycles. The lowest BCUT2D eigenvalue weighted by molar-refractivity contribution is -0.146. The zero-order valence-corrected chi connectivity index (χ0v) is 25.9. The van der Waals surface area contributed by atoms with Crippen molar-refractivity contribution < 1.29 is 19.1 Å². The number of halogens is 1. The first kappa shape index (κ1) is 31.6. The van der Waals surface area contributed by atoms with E-state index in [1.165, 1.54) is 11.1 Å². The molecule has 0 N–H and O–H groups in total. The van der Waals surface area contributed by atoms with Crippen molar-refractivity contribution >= 4 is 23.4 Å². The highest BCUT2D eigenvalue weighted by molar-refractivity contribution is 6.30. The van der Waals surface area contributed by atoms with E-state index in [2.05, 4.69) is 52.3 Å². The van der Waals surface area contributed by atoms with Crippen molar-refractivity contribution in [2.45, 2.75) is 18.9 Å². The molecule has 0 saturated carbocycles. The third-order valence-corrected chi connectivity index (χ3v) is 8.39. The number of ketones is 1. The topological polar surface area (TPSA) is 59.1 Å². The molecule has 0 bridgehead atoms. The molecule has 5 rings (SSSR count). The van der Waals surface area contributed by atoms with Crippen LogP contribution in [0.25, 0.3) is 0 Å². The van der Waals surface area contributed by atoms with E-state index in [-0.39, 0.29) is 24.4 Å². The predicted octanol–water partition coefficient (Wildman–Crippen LogP) is 6.64. The summed E-state index contributed by atoms with van der Waals surface area (Å²) in [6.45, 7) is 7.57. The molecule has 4 aromatic rings. The zero-order valence-electron chi connectivity index (χ0n) is 25.1. The minimum atomic E-state index is -0.484. The summed E-state index contributed by atoms with van der Waals surface area (Å²) >= 11 is 6.17. The SMILES string of the molecule is C[C@H](C(=O)OCCOCCN1CCN([C@@H](c2ccccc2)c2ccc(Cl)cc2)CC1)c1cccc(C(=O)c2ccccc2)c1. The highest BCUT2D eigenvalue weighted by atomic mass is 35.5. The minimum absolute atomic E-state index is 0.0691. The van der Waals surface area contributed by atoms with Crippen molar-refractivity contribution in [2.75, 3.05) is 52.5 Å². The van der Waals surface area contributed by atoms with Crippen LogP contribution in [0.1, 0.15) is 51.5 Å². The molecule has 228 valence electrons. The van der Waals surface area contributed by atoms with Gasteiger partial charge in [-0.1, -0.05) is 103 Å². The second kappa shape index (κ2) is 15.8. The number of nitrogens with zero attached hydrogens (tertiary/aromatic N) is 2. The van der Waals surface area contributed by atoms with Gasteiger partial charge in [0.2, 0.25) is 0 Å². The first-order chi connectivity index (χ1) is 21.5. The van der Waals surface area contributed by atoms with E-state index < -0.39 is 5.92 Å². The quantitative estimate of drug-likeness (QED) is 0.0961. The zero-order chi connectivity index (χ0) is 30.7. The second-order valence-electron chi connectivity index (χ2n) is 11.1. The number of carbonyl (C=O) groups excluding carboxylic acids is 2. The van der Waals surface area contributed by atoms with Gasteiger partial charge in [-0.3, -0.25) is 19.4 Å². The minimum Gasteiger partial charge on any atom is -0.463 e. The maximum Gasteiger partial charge on any atom is 0.313 e. The van der Waals surface area contributed by atoms with Crippen molar-refractivity contribution in [3.05, 3.63) is 142 Å². The van der Waals surface area contributed by atoms with Crippen LogP contribution >= 0.6 is 11.6 Å². The average Bonchev–Trinajstić information content (AvgIpc) is 3.08. The van der Waals surface area contributed by atoms with Crippen LogP contribution in [-0.2, 0) is 14.3 Å². The summed E-state index contributed by atoms with van der Waals surface area (Å²) in [5, 5.41) is 0.747. The Morgan fingerprint density at radius 3 is 2.02 bits per heavy atom. The molecule has 1 fully saturated rings. The number of benzene rings is 4. The third-order valence-electron chi connectivity index (χ3n) is 8.14. The standard InChI is InChI=1S/C37H39ClN2O4/c1-28(32-13-8-14-33(27-32)36(41)31-11-6-3-7-12-31)37(42)44-26-25-43-24-23-39-19-21-40(22-20-39)35(29-9-4-2-5-10-29)30-15-17-34(38)18-16-30/h2-18,27-28,35H,19-26H2,1H3/t28-,35-/m0/s1. The predicted molar refractivity (Wildman–Crippen MR) is 174 cm³/mol. The molecule has 0 radical (unpaired) electrons. The Hall–Kier alpha value is -3.81. The van der Waals surface area contributed by atoms with Crippen LogP contribution in [0, 0.1) is 0 Å². The summed E-state index contributed by atoms with van der Waals surface area (Å²) in [4.78, 5) is 30.5. The normalized spacial score (nSPS) is 15.4. The van der Waals surface area contributed by atoms with Gasteiger partial charge in [-0.25, -0.2) is 0 Å². The smallest absolute Gasteiger partial charge is 0.313 e. The van der Waals surface area contributed by atoms with Crippen LogP contribution < -0.4 is 0 Å². The summed E-state index contributed by atoms with van der Waals surface area (Å²) in [5.74, 6) is -0.884. The molecule has 0 spiro atoms. The van der Waals surface area contributed by atoms with E-state index in [0.717, 1.165) is 43.3 Å². The molecule has 44 heavy (non-hydrogen) atoms. The van der Waals surface area contributed by atoms with Crippen LogP contribution in [0.4, 0.5) is 0 Å². The van der Waals surface area contributed by atoms with Gasteiger partial charge in [0.15, 0.2) is 5.78 Å². The van der Waals surface area contributed by atoms with Crippen LogP contribution in [-0.4, -0.2) is 74.1 Å². The van der Waals surface area contributed by atoms with Crippen LogP contribution in [0.2, 0.25) is 5.02 Å². The number of rotatable bonds is 13. The summed E-state index contributed by atoms with van der Waals surface area (Å²) in [7, 11) is 0. The van der Waals surface area contributed by atoms with E-state index in [0.29, 0.717) is 24.3 Å². The second-order valence-corrected chi connectivity index (χ2v) is 11.5. The molecule has 2 atom stereocenters. The molecule has 0 aliphatic carbocycles. The Labute approximate surface area is 265 Å². The van der Waals surface area contributed by atoms with Crippen molar-refractivity contribution in [2.24, 2.45) is 0 Å². The van der Waals surface area contributed by atoms with Crippen LogP contribution in [0.15, 0.2) is 109 Å². The summed E-state index contributed by atoms with van der Waals surface area (Å²) in [6, 6.07) is 35.3. The fourth-order valence-electron chi connectivity index (χ4n) is 5.60. The van der Waals surface area contributed by atoms with Gasteiger partial charge in [0.25, 0.3) is 0 Å². The highest BCUT2D eigenvalue weighted by Crippen LogP contribution is 2.30. The van der Waals surface area contributed by atoms with Crippen molar-refractivity contribution in [3.63, 3.8) is 0 Å². The van der Waals surface area contributed by atoms with Gasteiger partial charge >= 0.3 is 5.97 Å². The van der Waals surface area contributed by atoms with Gasteiger partial charge in [0.05, 0.1) is 25.2 Å². The average molecular weight is 611 g/mol. The lowest BCUT2D eigenvalue weighted by Crippen LogP contribution is -2.48. The number of hydrogen-bond acceptors (Lipinski definition) is 6. The van der Waals surface area contributed by atoms with Gasteiger partial charge in [0.1, 0.15) is 6.61 Å². The Morgan fingerprint density at radius 1 is 0.705 bits per heavy atom. The molecule has 1 saturated heterocycles. The van der Waals surface area contributed by atoms with Crippen molar-refractivity contribution in [1.82, 2.24) is 9.80 Å². The largest absolute Gasteiger partial charge is 0.463 e. The third kappa shape index (κ3) is 8.42. The van der Waals surface area contributed by atoms with Gasteiger partial charge in [0, 0.05) is 48.9 Å². The maximum atomic E-state index is 12.8. The van der Waals surface area contributed by atoms with E-state index in [4.69, 9.17) is 21.1 Å². The lowest BCUT2D eigenvalue weighted by atomic mass is 9.96. The lowest BCUT2D eigenvalue weighted by Gasteiger charge is -2.39. The van der Waals surface area contributed by atoms with Gasteiger partial charge in [-0.2, -0.15) is 0 Å². The van der Waals surface area contributed by atoms with Gasteiger partial charge < -0.3 is 9.47 Å². The molecular formula is C37H39ClN2O4. The summed E-state index contributed by atoms with van der Waals surface area (Å²) in [6.07, 6.45) is 0. The fourth-order valence-corrected chi connectivity index (χ4v) is 5.73. The molecule has 0 aromatic heterocycles. The highest BCUT2D eigenvalue weighted by Gasteiger charge is 2.26. The summed E-state index contributed by atoms with van der Waals surface area (Å²) in [5.41, 5.74) is 4.45. The molecule has 0 amide bonds. The fraction of sp³-hybridized carbons (Fsp3) is 0.297. The van der Waals surface area contributed by atoms with Gasteiger partial charge in [-0.05, 0) is 41.8 Å². The maximum absolute atomic E-state index is 12.8. The Bertz CT molecular complexity index is 1490.